The molecule has 0 fully saturated rings. The molecule has 130 valence electrons. The van der Waals surface area contributed by atoms with Crippen LogP contribution in [0.3, 0.4) is 0 Å². The first-order valence-corrected chi connectivity index (χ1v) is 8.59. The Labute approximate surface area is 153 Å². The lowest BCUT2D eigenvalue weighted by atomic mass is 10.2. The molecule has 0 rings (SSSR count). The number of aliphatic carboxylic acids is 1. The van der Waals surface area contributed by atoms with E-state index < -0.39 is 5.97 Å². The highest BCUT2D eigenvalue weighted by molar-refractivity contribution is 5.75. The minimum absolute atomic E-state index is 0. The van der Waals surface area contributed by atoms with Crippen LogP contribution in [-0.2, 0) is 4.79 Å². The molecule has 0 heterocycles. The number of unbranched alkanes of at least 4 members (excludes halogenated alkanes) is 4. The normalized spacial score (nSPS) is 11.9. The summed E-state index contributed by atoms with van der Waals surface area (Å²) in [5.41, 5.74) is 0. The number of allylic oxidation sites excluding steroid dienone is 8. The number of carbonyl (C=O) groups is 1. The second-order valence-electron chi connectivity index (χ2n) is 5.37. The second kappa shape index (κ2) is 21.0. The summed E-state index contributed by atoms with van der Waals surface area (Å²) < 4.78 is 0. The highest BCUT2D eigenvalue weighted by atomic mass is 27.0. The maximum atomic E-state index is 10.3. The molecule has 0 saturated heterocycles. The third kappa shape index (κ3) is 23.4. The molecular formula is C20H35AlO2. The van der Waals surface area contributed by atoms with Gasteiger partial charge in [-0.3, -0.25) is 4.79 Å². The van der Waals surface area contributed by atoms with E-state index in [0.717, 1.165) is 32.1 Å². The van der Waals surface area contributed by atoms with E-state index in [4.69, 9.17) is 5.11 Å². The van der Waals surface area contributed by atoms with Crippen LogP contribution in [0.4, 0.5) is 0 Å². The molecule has 0 aliphatic carbocycles. The number of hydrogen-bond donors (Lipinski definition) is 1. The molecular weight excluding hydrogens is 299 g/mol. The fourth-order valence-electron chi connectivity index (χ4n) is 1.93. The smallest absolute Gasteiger partial charge is 0.303 e. The first kappa shape index (κ1) is 24.2. The zero-order valence-electron chi connectivity index (χ0n) is 14.0. The molecule has 0 radical (unpaired) electrons. The predicted octanol–water partition coefficient (Wildman–Crippen LogP) is 5.03. The molecule has 0 spiro atoms. The Balaban J connectivity index is 0. The van der Waals surface area contributed by atoms with Gasteiger partial charge in [0.05, 0.1) is 0 Å². The van der Waals surface area contributed by atoms with E-state index in [1.807, 2.05) is 0 Å². The molecule has 2 nitrogen and oxygen atoms in total. The van der Waals surface area contributed by atoms with Crippen molar-refractivity contribution >= 4 is 23.3 Å². The third-order valence-corrected chi connectivity index (χ3v) is 3.22. The van der Waals surface area contributed by atoms with Crippen molar-refractivity contribution in [1.82, 2.24) is 0 Å². The van der Waals surface area contributed by atoms with Crippen molar-refractivity contribution in [2.45, 2.75) is 71.1 Å². The first-order chi connectivity index (χ1) is 10.8. The maximum Gasteiger partial charge on any atom is 0.303 e. The molecule has 3 heteroatoms. The Morgan fingerprint density at radius 1 is 0.739 bits per heavy atom. The number of carboxylic acid groups (broad SMARTS) is 1. The highest BCUT2D eigenvalue weighted by Crippen LogP contribution is 2.01. The van der Waals surface area contributed by atoms with E-state index in [2.05, 4.69) is 55.5 Å². The van der Waals surface area contributed by atoms with Crippen LogP contribution in [0.1, 0.15) is 71.1 Å². The van der Waals surface area contributed by atoms with Gasteiger partial charge in [-0.1, -0.05) is 68.4 Å². The monoisotopic (exact) mass is 334 g/mol. The third-order valence-electron chi connectivity index (χ3n) is 3.22. The van der Waals surface area contributed by atoms with Crippen LogP contribution in [0.15, 0.2) is 48.6 Å². The molecule has 0 atom stereocenters. The average molecular weight is 334 g/mol. The Hall–Kier alpha value is -1.04. The Kier molecular flexibility index (Phi) is 22.1. The van der Waals surface area contributed by atoms with Crippen molar-refractivity contribution in [3.63, 3.8) is 0 Å². The van der Waals surface area contributed by atoms with Crippen molar-refractivity contribution in [2.24, 2.45) is 0 Å². The highest BCUT2D eigenvalue weighted by Gasteiger charge is 1.92. The van der Waals surface area contributed by atoms with Crippen LogP contribution in [0.5, 0.6) is 0 Å². The predicted molar refractivity (Wildman–Crippen MR) is 106 cm³/mol. The molecule has 23 heavy (non-hydrogen) atoms. The Morgan fingerprint density at radius 2 is 1.17 bits per heavy atom. The molecule has 0 unspecified atom stereocenters. The number of hydrogen-bond acceptors (Lipinski definition) is 1. The lowest BCUT2D eigenvalue weighted by molar-refractivity contribution is -0.137. The van der Waals surface area contributed by atoms with Gasteiger partial charge in [0.1, 0.15) is 0 Å². The van der Waals surface area contributed by atoms with Crippen molar-refractivity contribution in [2.75, 3.05) is 0 Å². The summed E-state index contributed by atoms with van der Waals surface area (Å²) in [6.45, 7) is 2.23. The van der Waals surface area contributed by atoms with Gasteiger partial charge in [-0.25, -0.2) is 0 Å². The SMILES string of the molecule is CCCCCC=CCC=CCC=CCC=CCCCC(=O)O.[AlH3]. The standard InChI is InChI=1S/C20H32O2.Al.3H/c1-2-3-4-5-6-7-8-9-10-11-12-13-14-15-16-17-18-19-20(21)22;;;;/h6-7,9-10,12-13,15-16H,2-5,8,11,14,17-19H2,1H3,(H,21,22);;;;. The maximum absolute atomic E-state index is 10.3. The summed E-state index contributed by atoms with van der Waals surface area (Å²) >= 11 is 0. The van der Waals surface area contributed by atoms with E-state index in [0.29, 0.717) is 0 Å². The lowest BCUT2D eigenvalue weighted by Crippen LogP contribution is -1.92. The second-order valence-corrected chi connectivity index (χ2v) is 5.37. The van der Waals surface area contributed by atoms with Crippen LogP contribution in [0.25, 0.3) is 0 Å². The molecule has 0 aromatic heterocycles. The van der Waals surface area contributed by atoms with E-state index in [-0.39, 0.29) is 23.8 Å². The zero-order chi connectivity index (χ0) is 16.3. The molecule has 0 aliphatic heterocycles. The Bertz CT molecular complexity index is 368. The largest absolute Gasteiger partial charge is 0.481 e. The first-order valence-electron chi connectivity index (χ1n) is 8.59. The number of carboxylic acids is 1. The van der Waals surface area contributed by atoms with E-state index in [1.54, 1.807) is 0 Å². The van der Waals surface area contributed by atoms with Crippen molar-refractivity contribution < 1.29 is 9.90 Å². The molecule has 0 amide bonds. The van der Waals surface area contributed by atoms with Crippen LogP contribution in [0, 0.1) is 0 Å². The van der Waals surface area contributed by atoms with Gasteiger partial charge in [0.25, 0.3) is 0 Å². The van der Waals surface area contributed by atoms with Crippen molar-refractivity contribution in [1.29, 1.82) is 0 Å². The average Bonchev–Trinajstić information content (AvgIpc) is 2.50. The van der Waals surface area contributed by atoms with Gasteiger partial charge in [-0.15, -0.1) is 0 Å². The van der Waals surface area contributed by atoms with Gasteiger partial charge in [0, 0.05) is 6.42 Å². The number of rotatable bonds is 14. The Morgan fingerprint density at radius 3 is 1.61 bits per heavy atom. The minimum Gasteiger partial charge on any atom is -0.481 e. The van der Waals surface area contributed by atoms with E-state index in [1.165, 1.54) is 25.7 Å². The molecule has 0 aliphatic rings. The van der Waals surface area contributed by atoms with Crippen molar-refractivity contribution in [3.05, 3.63) is 48.6 Å². The van der Waals surface area contributed by atoms with Crippen LogP contribution >= 0.6 is 0 Å². The van der Waals surface area contributed by atoms with Gasteiger partial charge in [-0.05, 0) is 44.9 Å². The molecule has 0 aromatic rings. The molecule has 0 aromatic carbocycles. The minimum atomic E-state index is -0.712. The van der Waals surface area contributed by atoms with Crippen LogP contribution in [-0.4, -0.2) is 28.4 Å². The fraction of sp³-hybridized carbons (Fsp3) is 0.550. The summed E-state index contributed by atoms with van der Waals surface area (Å²) in [6.07, 6.45) is 27.3. The van der Waals surface area contributed by atoms with Gasteiger partial charge in [0.2, 0.25) is 0 Å². The van der Waals surface area contributed by atoms with Crippen LogP contribution < -0.4 is 0 Å². The summed E-state index contributed by atoms with van der Waals surface area (Å²) in [7, 11) is 0. The topological polar surface area (TPSA) is 37.3 Å². The molecule has 0 saturated carbocycles. The van der Waals surface area contributed by atoms with Gasteiger partial charge >= 0.3 is 5.97 Å². The van der Waals surface area contributed by atoms with Gasteiger partial charge in [0.15, 0.2) is 17.4 Å². The van der Waals surface area contributed by atoms with Gasteiger partial charge in [-0.2, -0.15) is 0 Å². The summed E-state index contributed by atoms with van der Waals surface area (Å²) in [4.78, 5) is 10.3. The van der Waals surface area contributed by atoms with E-state index in [9.17, 15) is 4.79 Å². The summed E-state index contributed by atoms with van der Waals surface area (Å²) in [5, 5.41) is 8.49. The fourth-order valence-corrected chi connectivity index (χ4v) is 1.93. The lowest BCUT2D eigenvalue weighted by Gasteiger charge is -1.90. The van der Waals surface area contributed by atoms with E-state index >= 15 is 0 Å². The van der Waals surface area contributed by atoms with Crippen molar-refractivity contribution in [3.8, 4) is 0 Å². The van der Waals surface area contributed by atoms with Crippen LogP contribution in [0.2, 0.25) is 0 Å². The summed E-state index contributed by atoms with van der Waals surface area (Å²) in [5.74, 6) is -0.712. The van der Waals surface area contributed by atoms with Gasteiger partial charge < -0.3 is 5.11 Å². The quantitative estimate of drug-likeness (QED) is 0.275. The molecule has 0 bridgehead atoms. The summed E-state index contributed by atoms with van der Waals surface area (Å²) in [6, 6.07) is 0. The molecule has 1 N–H and O–H groups in total. The zero-order valence-corrected chi connectivity index (χ0v) is 14.0.